The zero-order valence-corrected chi connectivity index (χ0v) is 26.8. The Hall–Kier alpha value is -3.34. The van der Waals surface area contributed by atoms with E-state index in [4.69, 9.17) is 4.74 Å². The van der Waals surface area contributed by atoms with Gasteiger partial charge in [-0.25, -0.2) is 0 Å². The van der Waals surface area contributed by atoms with Crippen molar-refractivity contribution in [1.29, 1.82) is 0 Å². The summed E-state index contributed by atoms with van der Waals surface area (Å²) in [7, 11) is 0. The summed E-state index contributed by atoms with van der Waals surface area (Å²) in [5.74, 6) is -1.41. The maximum Gasteiger partial charge on any atom is 0.244 e. The van der Waals surface area contributed by atoms with Crippen molar-refractivity contribution in [3.8, 4) is 5.75 Å². The Morgan fingerprint density at radius 2 is 1.68 bits per heavy atom. The number of likely N-dealkylation sites (tertiary alicyclic amines) is 1. The van der Waals surface area contributed by atoms with Gasteiger partial charge < -0.3 is 25.4 Å². The number of aliphatic hydroxyl groups excluding tert-OH is 1. The van der Waals surface area contributed by atoms with Crippen molar-refractivity contribution < 1.29 is 24.2 Å². The summed E-state index contributed by atoms with van der Waals surface area (Å²) in [6.07, 6.45) is 0.957. The zero-order valence-electron chi connectivity index (χ0n) is 24.4. The molecule has 230 valence electrons. The molecule has 7 atom stereocenters. The Morgan fingerprint density at radius 1 is 1.02 bits per heavy atom. The fourth-order valence-electron chi connectivity index (χ4n) is 7.11. The average Bonchev–Trinajstić information content (AvgIpc) is 3.64. The van der Waals surface area contributed by atoms with Crippen molar-refractivity contribution in [2.75, 3.05) is 18.5 Å². The van der Waals surface area contributed by atoms with Crippen molar-refractivity contribution in [3.63, 3.8) is 0 Å². The van der Waals surface area contributed by atoms with E-state index in [9.17, 15) is 19.5 Å². The first-order valence-corrected chi connectivity index (χ1v) is 16.8. The number of fused-ring (bicyclic) bond motifs is 1. The smallest absolute Gasteiger partial charge is 0.244 e. The summed E-state index contributed by atoms with van der Waals surface area (Å²) in [6.45, 7) is 2.46. The molecule has 3 N–H and O–H groups in total. The lowest BCUT2D eigenvalue weighted by molar-refractivity contribution is -0.142. The van der Waals surface area contributed by atoms with Gasteiger partial charge in [-0.2, -0.15) is 0 Å². The topological polar surface area (TPSA) is 108 Å². The molecule has 3 heterocycles. The summed E-state index contributed by atoms with van der Waals surface area (Å²) in [4.78, 5) is 44.3. The fraction of sp³-hybridized carbons (Fsp3) is 0.382. The van der Waals surface area contributed by atoms with Crippen LogP contribution >= 0.6 is 27.7 Å². The van der Waals surface area contributed by atoms with Crippen LogP contribution in [0.5, 0.6) is 5.75 Å². The van der Waals surface area contributed by atoms with Gasteiger partial charge in [0, 0.05) is 22.3 Å². The van der Waals surface area contributed by atoms with Crippen LogP contribution in [0.4, 0.5) is 5.69 Å². The highest BCUT2D eigenvalue weighted by Gasteiger charge is 2.76. The summed E-state index contributed by atoms with van der Waals surface area (Å²) in [5, 5.41) is 16.6. The maximum absolute atomic E-state index is 14.6. The molecule has 10 heteroatoms. The van der Waals surface area contributed by atoms with Crippen LogP contribution in [0.25, 0.3) is 0 Å². The molecule has 2 bridgehead atoms. The largest absolute Gasteiger partial charge is 0.494 e. The van der Waals surface area contributed by atoms with Gasteiger partial charge in [0.1, 0.15) is 11.8 Å². The second kappa shape index (κ2) is 12.9. The first kappa shape index (κ1) is 30.7. The number of amides is 3. The number of hydrogen-bond acceptors (Lipinski definition) is 6. The predicted octanol–water partition coefficient (Wildman–Crippen LogP) is 4.41. The number of aliphatic hydroxyl groups is 1. The number of nitrogens with one attached hydrogen (secondary N) is 2. The number of halogens is 1. The van der Waals surface area contributed by atoms with Crippen LogP contribution in [0.2, 0.25) is 0 Å². The molecule has 3 aliphatic heterocycles. The number of nitrogens with zero attached hydrogens (tertiary/aromatic N) is 1. The van der Waals surface area contributed by atoms with Crippen molar-refractivity contribution >= 4 is 51.1 Å². The molecule has 0 aliphatic carbocycles. The summed E-state index contributed by atoms with van der Waals surface area (Å²) in [6, 6.07) is 25.0. The minimum atomic E-state index is -0.845. The van der Waals surface area contributed by atoms with Gasteiger partial charge in [0.05, 0.1) is 35.8 Å². The normalized spacial score (nSPS) is 27.6. The molecule has 3 aromatic carbocycles. The average molecular weight is 679 g/mol. The van der Waals surface area contributed by atoms with Crippen LogP contribution in [0.15, 0.2) is 84.9 Å². The number of carbonyl (C=O) groups is 3. The third-order valence-corrected chi connectivity index (χ3v) is 12.2. The SMILES string of the molecule is CCOc1ccc(NC(=O)[C@H]2[C@@H]3SC4(CC3Br)C(C(=O)NCc3ccccc3)N([C@@H](CO)Cc3ccccc3)C(=O)[C@H]24)cc1. The van der Waals surface area contributed by atoms with Gasteiger partial charge in [0.25, 0.3) is 0 Å². The molecular formula is C34H36BrN3O5S. The van der Waals surface area contributed by atoms with Crippen LogP contribution in [-0.2, 0) is 27.3 Å². The molecule has 6 rings (SSSR count). The lowest BCUT2D eigenvalue weighted by Gasteiger charge is -2.37. The highest BCUT2D eigenvalue weighted by Crippen LogP contribution is 2.68. The zero-order chi connectivity index (χ0) is 30.8. The predicted molar refractivity (Wildman–Crippen MR) is 175 cm³/mol. The van der Waals surface area contributed by atoms with Crippen molar-refractivity contribution in [2.45, 2.75) is 53.2 Å². The molecule has 3 aliphatic rings. The van der Waals surface area contributed by atoms with Gasteiger partial charge in [-0.05, 0) is 55.2 Å². The molecule has 44 heavy (non-hydrogen) atoms. The molecule has 0 aromatic heterocycles. The summed E-state index contributed by atoms with van der Waals surface area (Å²) >= 11 is 5.40. The van der Waals surface area contributed by atoms with Gasteiger partial charge >= 0.3 is 0 Å². The second-order valence-corrected chi connectivity index (χ2v) is 14.3. The Labute approximate surface area is 270 Å². The van der Waals surface area contributed by atoms with E-state index < -0.39 is 28.7 Å². The Kier molecular flexibility index (Phi) is 9.03. The summed E-state index contributed by atoms with van der Waals surface area (Å²) < 4.78 is 4.71. The third kappa shape index (κ3) is 5.63. The lowest BCUT2D eigenvalue weighted by atomic mass is 9.70. The first-order valence-electron chi connectivity index (χ1n) is 15.0. The van der Waals surface area contributed by atoms with Gasteiger partial charge in [-0.3, -0.25) is 14.4 Å². The standard InChI is InChI=1S/C34H36BrN3O5S/c1-2-43-25-15-13-23(14-16-25)37-31(40)27-28-33(42)38(24(20-39)17-21-9-5-3-6-10-21)30(34(28)18-26(35)29(27)44-34)32(41)36-19-22-11-7-4-8-12-22/h3-16,24,26-30,39H,2,17-20H2,1H3,(H,36,41)(H,37,40)/t24-,26?,27-,28+,29-,30?,34?/m1/s1. The van der Waals surface area contributed by atoms with E-state index in [1.54, 1.807) is 40.9 Å². The Bertz CT molecular complexity index is 1490. The molecule has 0 saturated carbocycles. The molecule has 3 fully saturated rings. The molecule has 3 aromatic rings. The van der Waals surface area contributed by atoms with Crippen molar-refractivity contribution in [2.24, 2.45) is 11.8 Å². The molecule has 8 nitrogen and oxygen atoms in total. The minimum Gasteiger partial charge on any atom is -0.494 e. The van der Waals surface area contributed by atoms with Gasteiger partial charge in [0.2, 0.25) is 17.7 Å². The molecule has 0 radical (unpaired) electrons. The monoisotopic (exact) mass is 677 g/mol. The van der Waals surface area contributed by atoms with E-state index in [2.05, 4.69) is 26.6 Å². The molecule has 1 spiro atoms. The van der Waals surface area contributed by atoms with Crippen molar-refractivity contribution in [1.82, 2.24) is 10.2 Å². The van der Waals surface area contributed by atoms with E-state index in [-0.39, 0.29) is 34.4 Å². The maximum atomic E-state index is 14.6. The number of alkyl halides is 1. The third-order valence-electron chi connectivity index (χ3n) is 8.94. The van der Waals surface area contributed by atoms with Gasteiger partial charge in [-0.15, -0.1) is 11.8 Å². The Morgan fingerprint density at radius 3 is 2.32 bits per heavy atom. The van der Waals surface area contributed by atoms with Crippen LogP contribution in [0.3, 0.4) is 0 Å². The van der Waals surface area contributed by atoms with Crippen LogP contribution in [-0.4, -0.2) is 67.8 Å². The molecular weight excluding hydrogens is 642 g/mol. The highest BCUT2D eigenvalue weighted by molar-refractivity contribution is 9.09. The Balaban J connectivity index is 1.33. The fourth-order valence-corrected chi connectivity index (χ4v) is 10.7. The minimum absolute atomic E-state index is 0.0568. The number of carbonyl (C=O) groups excluding carboxylic acids is 3. The number of thioether (sulfide) groups is 1. The first-order chi connectivity index (χ1) is 21.4. The van der Waals surface area contributed by atoms with E-state index in [1.165, 1.54) is 0 Å². The summed E-state index contributed by atoms with van der Waals surface area (Å²) in [5.41, 5.74) is 2.52. The number of ether oxygens (including phenoxy) is 1. The van der Waals surface area contributed by atoms with E-state index >= 15 is 0 Å². The molecule has 3 saturated heterocycles. The van der Waals surface area contributed by atoms with E-state index in [1.807, 2.05) is 67.6 Å². The number of rotatable bonds is 11. The lowest BCUT2D eigenvalue weighted by Crippen LogP contribution is -2.57. The van der Waals surface area contributed by atoms with Crippen LogP contribution < -0.4 is 15.4 Å². The number of anilines is 1. The van der Waals surface area contributed by atoms with Crippen LogP contribution in [0.1, 0.15) is 24.5 Å². The molecule has 3 amide bonds. The van der Waals surface area contributed by atoms with Crippen molar-refractivity contribution in [3.05, 3.63) is 96.1 Å². The van der Waals surface area contributed by atoms with Gasteiger partial charge in [0.15, 0.2) is 0 Å². The number of hydrogen-bond donors (Lipinski definition) is 3. The van der Waals surface area contributed by atoms with E-state index in [0.29, 0.717) is 37.4 Å². The number of benzene rings is 3. The second-order valence-electron chi connectivity index (χ2n) is 11.6. The van der Waals surface area contributed by atoms with Crippen LogP contribution in [0, 0.1) is 11.8 Å². The van der Waals surface area contributed by atoms with Gasteiger partial charge in [-0.1, -0.05) is 76.6 Å². The quantitative estimate of drug-likeness (QED) is 0.260. The molecule has 3 unspecified atom stereocenters. The highest BCUT2D eigenvalue weighted by atomic mass is 79.9. The van der Waals surface area contributed by atoms with E-state index in [0.717, 1.165) is 11.1 Å².